The topological polar surface area (TPSA) is 3.24 Å². The number of nitrogens with zero attached hydrogens (tertiary/aromatic N) is 1. The quantitative estimate of drug-likeness (QED) is 0.723. The van der Waals surface area contributed by atoms with Crippen molar-refractivity contribution in [2.75, 3.05) is 6.54 Å². The minimum absolute atomic E-state index is 0.0682. The molecule has 1 saturated heterocycles. The van der Waals surface area contributed by atoms with Crippen LogP contribution in [0.1, 0.15) is 43.9 Å². The number of benzene rings is 1. The smallest absolute Gasteiger partial charge is 0.294 e. The van der Waals surface area contributed by atoms with E-state index in [0.717, 1.165) is 31.2 Å². The number of rotatable bonds is 2. The minimum atomic E-state index is -4.44. The first-order valence-corrected chi connectivity index (χ1v) is 6.43. The van der Waals surface area contributed by atoms with Gasteiger partial charge in [-0.15, -0.1) is 0 Å². The summed E-state index contributed by atoms with van der Waals surface area (Å²) in [7, 11) is 0. The number of likely N-dealkylation sites (tertiary alicyclic amines) is 1. The molecule has 0 saturated carbocycles. The van der Waals surface area contributed by atoms with Crippen LogP contribution >= 0.6 is 0 Å². The van der Waals surface area contributed by atoms with E-state index in [4.69, 9.17) is 0 Å². The molecule has 0 N–H and O–H groups in total. The van der Waals surface area contributed by atoms with Gasteiger partial charge in [-0.3, -0.25) is 4.90 Å². The van der Waals surface area contributed by atoms with E-state index in [1.807, 2.05) is 18.7 Å². The molecule has 1 heterocycles. The average molecular weight is 275 g/mol. The van der Waals surface area contributed by atoms with Gasteiger partial charge in [-0.2, -0.15) is 13.2 Å². The number of halogens is 4. The van der Waals surface area contributed by atoms with Gasteiger partial charge in [0.15, 0.2) is 0 Å². The molecule has 0 spiro atoms. The monoisotopic (exact) mass is 275 g/mol. The lowest BCUT2D eigenvalue weighted by Crippen LogP contribution is -2.31. The number of hydrogen-bond acceptors (Lipinski definition) is 1. The third kappa shape index (κ3) is 2.91. The van der Waals surface area contributed by atoms with Crippen molar-refractivity contribution in [1.82, 2.24) is 4.90 Å². The van der Waals surface area contributed by atoms with Crippen LogP contribution in [0.4, 0.5) is 17.6 Å². The average Bonchev–Trinajstić information content (AvgIpc) is 2.75. The summed E-state index contributed by atoms with van der Waals surface area (Å²) in [5.41, 5.74) is -0.648. The minimum Gasteiger partial charge on any atom is -0.294 e. The summed E-state index contributed by atoms with van der Waals surface area (Å²) >= 11 is 0. The predicted molar refractivity (Wildman–Crippen MR) is 65.2 cm³/mol. The second-order valence-electron chi connectivity index (χ2n) is 5.22. The second kappa shape index (κ2) is 5.12. The summed E-state index contributed by atoms with van der Waals surface area (Å²) < 4.78 is 52.4. The molecule has 0 aromatic heterocycles. The highest BCUT2D eigenvalue weighted by Gasteiger charge is 2.38. The van der Waals surface area contributed by atoms with Gasteiger partial charge >= 0.3 is 6.18 Å². The SMILES string of the molecule is CC(C)N1CCCC1c1cc(F)ccc1C(F)(F)F. The molecule has 0 amide bonds. The Balaban J connectivity index is 2.46. The van der Waals surface area contributed by atoms with Gasteiger partial charge in [0.25, 0.3) is 0 Å². The van der Waals surface area contributed by atoms with E-state index in [1.165, 1.54) is 0 Å². The van der Waals surface area contributed by atoms with Crippen molar-refractivity contribution in [2.45, 2.75) is 44.9 Å². The molecule has 0 aliphatic carbocycles. The molecule has 1 aliphatic heterocycles. The summed E-state index contributed by atoms with van der Waals surface area (Å²) in [6.07, 6.45) is -2.95. The third-order valence-electron chi connectivity index (χ3n) is 3.64. The van der Waals surface area contributed by atoms with Crippen LogP contribution in [0.3, 0.4) is 0 Å². The molecule has 0 bridgehead atoms. The van der Waals surface area contributed by atoms with Crippen LogP contribution in [0.2, 0.25) is 0 Å². The Hall–Kier alpha value is -1.10. The van der Waals surface area contributed by atoms with Crippen LogP contribution in [0, 0.1) is 5.82 Å². The summed E-state index contributed by atoms with van der Waals surface area (Å²) in [6, 6.07) is 2.57. The zero-order chi connectivity index (χ0) is 14.2. The van der Waals surface area contributed by atoms with Crippen molar-refractivity contribution >= 4 is 0 Å². The first-order valence-electron chi connectivity index (χ1n) is 6.43. The third-order valence-corrected chi connectivity index (χ3v) is 3.64. The van der Waals surface area contributed by atoms with Gasteiger partial charge in [0, 0.05) is 12.1 Å². The van der Waals surface area contributed by atoms with Gasteiger partial charge in [-0.05, 0) is 57.0 Å². The maximum absolute atomic E-state index is 13.3. The fourth-order valence-corrected chi connectivity index (χ4v) is 2.81. The van der Waals surface area contributed by atoms with E-state index in [0.29, 0.717) is 6.42 Å². The zero-order valence-electron chi connectivity index (χ0n) is 11.0. The lowest BCUT2D eigenvalue weighted by Gasteiger charge is -2.30. The van der Waals surface area contributed by atoms with Crippen molar-refractivity contribution in [3.63, 3.8) is 0 Å². The standard InChI is InChI=1S/C14H17F4N/c1-9(2)19-7-3-4-13(19)11-8-10(15)5-6-12(11)14(16,17)18/h5-6,8-9,13H,3-4,7H2,1-2H3. The molecule has 1 aromatic rings. The maximum atomic E-state index is 13.3. The van der Waals surface area contributed by atoms with Crippen LogP contribution < -0.4 is 0 Å². The lowest BCUT2D eigenvalue weighted by molar-refractivity contribution is -0.138. The van der Waals surface area contributed by atoms with E-state index in [9.17, 15) is 17.6 Å². The first kappa shape index (κ1) is 14.3. The van der Waals surface area contributed by atoms with E-state index < -0.39 is 17.6 Å². The van der Waals surface area contributed by atoms with Crippen molar-refractivity contribution in [3.8, 4) is 0 Å². The highest BCUT2D eigenvalue weighted by molar-refractivity contribution is 5.33. The lowest BCUT2D eigenvalue weighted by atomic mass is 9.97. The molecule has 106 valence electrons. The van der Waals surface area contributed by atoms with Crippen LogP contribution in [-0.2, 0) is 6.18 Å². The van der Waals surface area contributed by atoms with Crippen LogP contribution in [0.25, 0.3) is 0 Å². The molecular weight excluding hydrogens is 258 g/mol. The Kier molecular flexibility index (Phi) is 3.85. The molecule has 19 heavy (non-hydrogen) atoms. The Morgan fingerprint density at radius 1 is 1.26 bits per heavy atom. The van der Waals surface area contributed by atoms with Gasteiger partial charge in [-0.25, -0.2) is 4.39 Å². The summed E-state index contributed by atoms with van der Waals surface area (Å²) in [6.45, 7) is 4.66. The molecule has 5 heteroatoms. The van der Waals surface area contributed by atoms with Crippen molar-refractivity contribution in [1.29, 1.82) is 0 Å². The molecule has 1 fully saturated rings. The molecule has 1 aliphatic rings. The van der Waals surface area contributed by atoms with Crippen molar-refractivity contribution in [3.05, 3.63) is 35.1 Å². The molecule has 1 nitrogen and oxygen atoms in total. The largest absolute Gasteiger partial charge is 0.416 e. The molecule has 1 unspecified atom stereocenters. The van der Waals surface area contributed by atoms with Crippen LogP contribution in [0.15, 0.2) is 18.2 Å². The summed E-state index contributed by atoms with van der Waals surface area (Å²) in [5, 5.41) is 0. The molecule has 2 rings (SSSR count). The van der Waals surface area contributed by atoms with Crippen molar-refractivity contribution < 1.29 is 17.6 Å². The normalized spacial score (nSPS) is 21.3. The van der Waals surface area contributed by atoms with Gasteiger partial charge in [0.1, 0.15) is 5.82 Å². The highest BCUT2D eigenvalue weighted by atomic mass is 19.4. The van der Waals surface area contributed by atoms with E-state index in [2.05, 4.69) is 0 Å². The van der Waals surface area contributed by atoms with Crippen LogP contribution in [-0.4, -0.2) is 17.5 Å². The van der Waals surface area contributed by atoms with Gasteiger partial charge in [-0.1, -0.05) is 0 Å². The molecule has 1 atom stereocenters. The van der Waals surface area contributed by atoms with Gasteiger partial charge < -0.3 is 0 Å². The Labute approximate surface area is 110 Å². The first-order chi connectivity index (χ1) is 8.80. The second-order valence-corrected chi connectivity index (χ2v) is 5.22. The summed E-state index contributed by atoms with van der Waals surface area (Å²) in [4.78, 5) is 2.00. The van der Waals surface area contributed by atoms with E-state index >= 15 is 0 Å². The van der Waals surface area contributed by atoms with E-state index in [-0.39, 0.29) is 17.6 Å². The number of alkyl halides is 3. The Morgan fingerprint density at radius 3 is 2.53 bits per heavy atom. The maximum Gasteiger partial charge on any atom is 0.416 e. The zero-order valence-corrected chi connectivity index (χ0v) is 11.0. The van der Waals surface area contributed by atoms with Crippen LogP contribution in [0.5, 0.6) is 0 Å². The molecular formula is C14H17F4N. The highest BCUT2D eigenvalue weighted by Crippen LogP contribution is 2.41. The number of hydrogen-bond donors (Lipinski definition) is 0. The Morgan fingerprint density at radius 2 is 1.95 bits per heavy atom. The fraction of sp³-hybridized carbons (Fsp3) is 0.571. The molecule has 0 radical (unpaired) electrons. The van der Waals surface area contributed by atoms with Gasteiger partial charge in [0.2, 0.25) is 0 Å². The van der Waals surface area contributed by atoms with Crippen molar-refractivity contribution in [2.24, 2.45) is 0 Å². The van der Waals surface area contributed by atoms with E-state index in [1.54, 1.807) is 0 Å². The predicted octanol–water partition coefficient (Wildman–Crippen LogP) is 4.39. The summed E-state index contributed by atoms with van der Waals surface area (Å²) in [5.74, 6) is -0.612. The Bertz CT molecular complexity index is 453. The fourth-order valence-electron chi connectivity index (χ4n) is 2.81. The molecule has 1 aromatic carbocycles. The van der Waals surface area contributed by atoms with Gasteiger partial charge in [0.05, 0.1) is 5.56 Å².